The molecule has 0 saturated heterocycles. The van der Waals surface area contributed by atoms with Crippen LogP contribution < -0.4 is 0 Å². The van der Waals surface area contributed by atoms with E-state index < -0.39 is 11.9 Å². The lowest BCUT2D eigenvalue weighted by molar-refractivity contribution is -0.142. The van der Waals surface area contributed by atoms with Crippen LogP contribution in [0.4, 0.5) is 0 Å². The zero-order chi connectivity index (χ0) is 15.1. The maximum absolute atomic E-state index is 12.1. The zero-order valence-electron chi connectivity index (χ0n) is 11.5. The molecule has 4 nitrogen and oxygen atoms in total. The van der Waals surface area contributed by atoms with E-state index >= 15 is 0 Å². The highest BCUT2D eigenvalue weighted by Crippen LogP contribution is 2.20. The van der Waals surface area contributed by atoms with Crippen LogP contribution in [0.15, 0.2) is 29.2 Å². The van der Waals surface area contributed by atoms with Crippen molar-refractivity contribution in [1.29, 1.82) is 0 Å². The minimum absolute atomic E-state index is 0.0550. The number of aliphatic carboxylic acids is 1. The molecule has 1 rings (SSSR count). The smallest absolute Gasteiger partial charge is 0.308 e. The number of thioether (sulfide) groups is 1. The topological polar surface area (TPSA) is 57.6 Å². The number of benzene rings is 1. The summed E-state index contributed by atoms with van der Waals surface area (Å²) in [5.74, 6) is -1.21. The molecular formula is C14H18ClNO3S. The highest BCUT2D eigenvalue weighted by Gasteiger charge is 2.19. The Morgan fingerprint density at radius 3 is 2.45 bits per heavy atom. The molecule has 6 heteroatoms. The Bertz CT molecular complexity index is 464. The van der Waals surface area contributed by atoms with E-state index in [9.17, 15) is 9.59 Å². The fraction of sp³-hybridized carbons (Fsp3) is 0.429. The molecule has 20 heavy (non-hydrogen) atoms. The Balaban J connectivity index is 2.51. The van der Waals surface area contributed by atoms with Crippen LogP contribution in [0.1, 0.15) is 13.8 Å². The molecule has 1 atom stereocenters. The van der Waals surface area contributed by atoms with E-state index in [1.807, 2.05) is 19.1 Å². The van der Waals surface area contributed by atoms with Gasteiger partial charge in [0, 0.05) is 23.0 Å². The van der Waals surface area contributed by atoms with Crippen LogP contribution in [0.25, 0.3) is 0 Å². The molecule has 1 unspecified atom stereocenters. The highest BCUT2D eigenvalue weighted by molar-refractivity contribution is 8.00. The van der Waals surface area contributed by atoms with Crippen molar-refractivity contribution in [3.8, 4) is 0 Å². The van der Waals surface area contributed by atoms with Gasteiger partial charge in [0.15, 0.2) is 0 Å². The molecule has 1 aromatic rings. The predicted octanol–water partition coefficient (Wildman–Crippen LogP) is 3.00. The first-order valence-electron chi connectivity index (χ1n) is 6.33. The molecule has 0 radical (unpaired) electrons. The van der Waals surface area contributed by atoms with Gasteiger partial charge in [0.05, 0.1) is 11.7 Å². The van der Waals surface area contributed by atoms with E-state index in [1.165, 1.54) is 11.8 Å². The quantitative estimate of drug-likeness (QED) is 0.786. The third kappa shape index (κ3) is 5.43. The molecule has 0 saturated carbocycles. The number of carbonyl (C=O) groups is 2. The monoisotopic (exact) mass is 315 g/mol. The van der Waals surface area contributed by atoms with Crippen LogP contribution in [-0.2, 0) is 9.59 Å². The van der Waals surface area contributed by atoms with Gasteiger partial charge in [0.2, 0.25) is 5.91 Å². The Morgan fingerprint density at radius 1 is 1.35 bits per heavy atom. The molecule has 0 aromatic heterocycles. The van der Waals surface area contributed by atoms with Gasteiger partial charge >= 0.3 is 5.97 Å². The van der Waals surface area contributed by atoms with Gasteiger partial charge in [0.25, 0.3) is 0 Å². The molecule has 1 N–H and O–H groups in total. The van der Waals surface area contributed by atoms with Gasteiger partial charge in [-0.1, -0.05) is 18.5 Å². The maximum Gasteiger partial charge on any atom is 0.308 e. The van der Waals surface area contributed by atoms with E-state index in [2.05, 4.69) is 0 Å². The number of hydrogen-bond donors (Lipinski definition) is 1. The van der Waals surface area contributed by atoms with Crippen LogP contribution in [0.3, 0.4) is 0 Å². The molecule has 110 valence electrons. The van der Waals surface area contributed by atoms with Crippen molar-refractivity contribution in [3.05, 3.63) is 29.3 Å². The average molecular weight is 316 g/mol. The number of hydrogen-bond acceptors (Lipinski definition) is 3. The predicted molar refractivity (Wildman–Crippen MR) is 81.2 cm³/mol. The average Bonchev–Trinajstić information content (AvgIpc) is 2.43. The molecular weight excluding hydrogens is 298 g/mol. The SMILES string of the molecule is CCN(CC(C)C(=O)O)C(=O)CSc1ccc(Cl)cc1. The normalized spacial score (nSPS) is 11.9. The van der Waals surface area contributed by atoms with Crippen molar-refractivity contribution in [2.45, 2.75) is 18.7 Å². The standard InChI is InChI=1S/C14H18ClNO3S/c1-3-16(8-10(2)14(18)19)13(17)9-20-12-6-4-11(15)5-7-12/h4-7,10H,3,8-9H2,1-2H3,(H,18,19). The van der Waals surface area contributed by atoms with Gasteiger partial charge in [0.1, 0.15) is 0 Å². The summed E-state index contributed by atoms with van der Waals surface area (Å²) >= 11 is 7.21. The van der Waals surface area contributed by atoms with Gasteiger partial charge in [-0.25, -0.2) is 0 Å². The Morgan fingerprint density at radius 2 is 1.95 bits per heavy atom. The number of halogens is 1. The van der Waals surface area contributed by atoms with E-state index in [4.69, 9.17) is 16.7 Å². The van der Waals surface area contributed by atoms with Gasteiger partial charge < -0.3 is 10.0 Å². The Labute approximate surface area is 128 Å². The Kier molecular flexibility index (Phi) is 6.88. The van der Waals surface area contributed by atoms with E-state index in [-0.39, 0.29) is 12.5 Å². The number of carboxylic acids is 1. The summed E-state index contributed by atoms with van der Waals surface area (Å²) in [5.41, 5.74) is 0. The molecule has 1 amide bonds. The first kappa shape index (κ1) is 16.9. The first-order valence-corrected chi connectivity index (χ1v) is 7.69. The largest absolute Gasteiger partial charge is 0.481 e. The van der Waals surface area contributed by atoms with Gasteiger partial charge in [-0.3, -0.25) is 9.59 Å². The lowest BCUT2D eigenvalue weighted by Crippen LogP contribution is -2.37. The van der Waals surface area contributed by atoms with Crippen molar-refractivity contribution in [2.24, 2.45) is 5.92 Å². The lowest BCUT2D eigenvalue weighted by atomic mass is 10.2. The molecule has 0 spiro atoms. The molecule has 0 aliphatic heterocycles. The van der Waals surface area contributed by atoms with Crippen molar-refractivity contribution in [1.82, 2.24) is 4.90 Å². The molecule has 1 aromatic carbocycles. The summed E-state index contributed by atoms with van der Waals surface area (Å²) in [6.07, 6.45) is 0. The van der Waals surface area contributed by atoms with Gasteiger partial charge in [-0.2, -0.15) is 0 Å². The minimum atomic E-state index is -0.887. The second kappa shape index (κ2) is 8.17. The highest BCUT2D eigenvalue weighted by atomic mass is 35.5. The molecule has 0 bridgehead atoms. The third-order valence-corrected chi connectivity index (χ3v) is 4.07. The second-order valence-corrected chi connectivity index (χ2v) is 5.90. The van der Waals surface area contributed by atoms with E-state index in [0.717, 1.165) is 4.90 Å². The summed E-state index contributed by atoms with van der Waals surface area (Å²) in [7, 11) is 0. The van der Waals surface area contributed by atoms with E-state index in [0.29, 0.717) is 17.3 Å². The third-order valence-electron chi connectivity index (χ3n) is 2.83. The number of carboxylic acid groups (broad SMARTS) is 1. The number of nitrogens with zero attached hydrogens (tertiary/aromatic N) is 1. The number of rotatable bonds is 7. The van der Waals surface area contributed by atoms with Gasteiger partial charge in [-0.15, -0.1) is 11.8 Å². The second-order valence-electron chi connectivity index (χ2n) is 4.41. The van der Waals surface area contributed by atoms with Crippen molar-refractivity contribution in [3.63, 3.8) is 0 Å². The maximum atomic E-state index is 12.1. The summed E-state index contributed by atoms with van der Waals surface area (Å²) in [6.45, 7) is 4.20. The first-order chi connectivity index (χ1) is 9.43. The summed E-state index contributed by atoms with van der Waals surface area (Å²) in [6, 6.07) is 7.27. The summed E-state index contributed by atoms with van der Waals surface area (Å²) in [5, 5.41) is 9.54. The van der Waals surface area contributed by atoms with Crippen molar-refractivity contribution in [2.75, 3.05) is 18.8 Å². The van der Waals surface area contributed by atoms with Crippen molar-refractivity contribution >= 4 is 35.2 Å². The zero-order valence-corrected chi connectivity index (χ0v) is 13.1. The number of amides is 1. The molecule has 0 heterocycles. The molecule has 0 fully saturated rings. The van der Waals surface area contributed by atoms with Gasteiger partial charge in [-0.05, 0) is 31.2 Å². The van der Waals surface area contributed by atoms with Crippen LogP contribution in [0.5, 0.6) is 0 Å². The summed E-state index contributed by atoms with van der Waals surface area (Å²) < 4.78 is 0. The van der Waals surface area contributed by atoms with Crippen LogP contribution >= 0.6 is 23.4 Å². The molecule has 0 aliphatic rings. The molecule has 0 aliphatic carbocycles. The Hall–Kier alpha value is -1.20. The lowest BCUT2D eigenvalue weighted by Gasteiger charge is -2.22. The number of carbonyl (C=O) groups excluding carboxylic acids is 1. The van der Waals surface area contributed by atoms with Crippen LogP contribution in [-0.4, -0.2) is 40.7 Å². The van der Waals surface area contributed by atoms with E-state index in [1.54, 1.807) is 24.0 Å². The summed E-state index contributed by atoms with van der Waals surface area (Å²) in [4.78, 5) is 25.4. The fourth-order valence-corrected chi connectivity index (χ4v) is 2.51. The van der Waals surface area contributed by atoms with Crippen molar-refractivity contribution < 1.29 is 14.7 Å². The van der Waals surface area contributed by atoms with Crippen LogP contribution in [0, 0.1) is 5.92 Å². The van der Waals surface area contributed by atoms with Crippen LogP contribution in [0.2, 0.25) is 5.02 Å². The fourth-order valence-electron chi connectivity index (χ4n) is 1.58. The minimum Gasteiger partial charge on any atom is -0.481 e.